The number of rotatable bonds is 8. The molecule has 0 fully saturated rings. The summed E-state index contributed by atoms with van der Waals surface area (Å²) in [7, 11) is 1.29. The maximum atomic E-state index is 13.7. The number of nitrogens with zero attached hydrogens (tertiary/aromatic N) is 2. The zero-order chi connectivity index (χ0) is 24.2. The smallest absolute Gasteiger partial charge is 0.434 e. The Morgan fingerprint density at radius 3 is 2.42 bits per heavy atom. The van der Waals surface area contributed by atoms with Crippen LogP contribution in [0.4, 0.5) is 22.0 Å². The first-order valence-electron chi connectivity index (χ1n) is 9.72. The molecule has 0 unspecified atom stereocenters. The molecule has 0 aliphatic heterocycles. The van der Waals surface area contributed by atoms with Gasteiger partial charge in [0.1, 0.15) is 0 Å². The number of hydrogen-bond acceptors (Lipinski definition) is 4. The zero-order valence-electron chi connectivity index (χ0n) is 17.6. The van der Waals surface area contributed by atoms with Crippen molar-refractivity contribution in [2.45, 2.75) is 26.1 Å². The van der Waals surface area contributed by atoms with Crippen molar-refractivity contribution >= 4 is 5.91 Å². The lowest BCUT2D eigenvalue weighted by Crippen LogP contribution is -2.28. The molecular formula is C22H20F5N3O3. The van der Waals surface area contributed by atoms with Crippen LogP contribution in [0.25, 0.3) is 5.69 Å². The Morgan fingerprint density at radius 2 is 1.82 bits per heavy atom. The topological polar surface area (TPSA) is 65.4 Å². The van der Waals surface area contributed by atoms with Crippen LogP contribution in [0, 0.1) is 6.92 Å². The average Bonchev–Trinajstić information content (AvgIpc) is 3.20. The van der Waals surface area contributed by atoms with E-state index in [1.165, 1.54) is 31.4 Å². The quantitative estimate of drug-likeness (QED) is 0.483. The summed E-state index contributed by atoms with van der Waals surface area (Å²) in [4.78, 5) is 12.5. The number of hydrogen-bond donors (Lipinski definition) is 1. The highest BCUT2D eigenvalue weighted by Crippen LogP contribution is 2.34. The molecule has 11 heteroatoms. The molecule has 2 aromatic carbocycles. The molecule has 0 aliphatic carbocycles. The van der Waals surface area contributed by atoms with Gasteiger partial charge in [0.05, 0.1) is 24.6 Å². The van der Waals surface area contributed by atoms with Gasteiger partial charge in [0, 0.05) is 6.54 Å². The standard InChI is InChI=1S/C22H20F5N3O3/c1-13-3-6-15(7-4-13)30-19(22(25,26)27)16(12-29-30)20(31)28-10-9-14-5-8-17(32-2)18(11-14)33-21(23)24/h3-8,11-12,21H,9-10H2,1-2H3,(H,28,31). The number of amides is 1. The number of carbonyl (C=O) groups is 1. The van der Waals surface area contributed by atoms with E-state index in [1.807, 2.05) is 0 Å². The minimum Gasteiger partial charge on any atom is -0.493 e. The summed E-state index contributed by atoms with van der Waals surface area (Å²) in [6, 6.07) is 10.5. The molecule has 0 atom stereocenters. The van der Waals surface area contributed by atoms with Crippen molar-refractivity contribution in [2.75, 3.05) is 13.7 Å². The van der Waals surface area contributed by atoms with Crippen LogP contribution in [0.2, 0.25) is 0 Å². The number of carbonyl (C=O) groups excluding carboxylic acids is 1. The molecule has 0 radical (unpaired) electrons. The molecule has 6 nitrogen and oxygen atoms in total. The number of alkyl halides is 5. The fourth-order valence-corrected chi connectivity index (χ4v) is 3.15. The summed E-state index contributed by atoms with van der Waals surface area (Å²) in [5.74, 6) is -1.05. The molecule has 0 saturated heterocycles. The van der Waals surface area contributed by atoms with E-state index in [-0.39, 0.29) is 30.2 Å². The van der Waals surface area contributed by atoms with Gasteiger partial charge in [-0.2, -0.15) is 27.1 Å². The Hall–Kier alpha value is -3.63. The van der Waals surface area contributed by atoms with Crippen LogP contribution in [0.1, 0.15) is 27.2 Å². The highest BCUT2D eigenvalue weighted by Gasteiger charge is 2.40. The number of ether oxygens (including phenoxy) is 2. The van der Waals surface area contributed by atoms with E-state index in [1.54, 1.807) is 25.1 Å². The van der Waals surface area contributed by atoms with Gasteiger partial charge in [-0.1, -0.05) is 23.8 Å². The summed E-state index contributed by atoms with van der Waals surface area (Å²) >= 11 is 0. The fraction of sp³-hybridized carbons (Fsp3) is 0.273. The van der Waals surface area contributed by atoms with Gasteiger partial charge in [-0.05, 0) is 43.2 Å². The van der Waals surface area contributed by atoms with Crippen LogP contribution < -0.4 is 14.8 Å². The molecule has 3 aromatic rings. The van der Waals surface area contributed by atoms with Crippen LogP contribution in [-0.2, 0) is 12.6 Å². The van der Waals surface area contributed by atoms with Gasteiger partial charge in [0.15, 0.2) is 17.2 Å². The van der Waals surface area contributed by atoms with Crippen LogP contribution in [0.15, 0.2) is 48.7 Å². The first-order chi connectivity index (χ1) is 15.6. The molecule has 0 bridgehead atoms. The maximum absolute atomic E-state index is 13.7. The van der Waals surface area contributed by atoms with Gasteiger partial charge in [-0.3, -0.25) is 4.79 Å². The molecule has 3 rings (SSSR count). The van der Waals surface area contributed by atoms with Gasteiger partial charge < -0.3 is 14.8 Å². The normalized spacial score (nSPS) is 11.5. The van der Waals surface area contributed by atoms with Gasteiger partial charge >= 0.3 is 12.8 Å². The molecule has 33 heavy (non-hydrogen) atoms. The molecule has 0 spiro atoms. The Balaban J connectivity index is 1.75. The third kappa shape index (κ3) is 5.79. The SMILES string of the molecule is COc1ccc(CCNC(=O)c2cnn(-c3ccc(C)cc3)c2C(F)(F)F)cc1OC(F)F. The molecule has 0 saturated carbocycles. The molecule has 0 aliphatic rings. The lowest BCUT2D eigenvalue weighted by atomic mass is 10.1. The van der Waals surface area contributed by atoms with E-state index < -0.39 is 30.0 Å². The van der Waals surface area contributed by atoms with E-state index in [4.69, 9.17) is 4.74 Å². The average molecular weight is 469 g/mol. The number of aromatic nitrogens is 2. The summed E-state index contributed by atoms with van der Waals surface area (Å²) in [6.07, 6.45) is -3.81. The minimum atomic E-state index is -4.83. The summed E-state index contributed by atoms with van der Waals surface area (Å²) < 4.78 is 76.4. The molecule has 1 amide bonds. The number of nitrogens with one attached hydrogen (secondary N) is 1. The Labute approximate surface area is 185 Å². The van der Waals surface area contributed by atoms with Crippen molar-refractivity contribution in [3.05, 3.63) is 71.0 Å². The number of methoxy groups -OCH3 is 1. The van der Waals surface area contributed by atoms with Gasteiger partial charge in [0.25, 0.3) is 5.91 Å². The molecule has 1 heterocycles. The highest BCUT2D eigenvalue weighted by molar-refractivity contribution is 5.95. The predicted molar refractivity (Wildman–Crippen MR) is 109 cm³/mol. The van der Waals surface area contributed by atoms with Gasteiger partial charge in [-0.15, -0.1) is 0 Å². The molecule has 1 N–H and O–H groups in total. The van der Waals surface area contributed by atoms with Crippen molar-refractivity contribution < 1.29 is 36.2 Å². The van der Waals surface area contributed by atoms with Crippen molar-refractivity contribution in [3.8, 4) is 17.2 Å². The van der Waals surface area contributed by atoms with E-state index in [9.17, 15) is 26.7 Å². The predicted octanol–water partition coefficient (Wildman–Crippen LogP) is 4.78. The monoisotopic (exact) mass is 469 g/mol. The van der Waals surface area contributed by atoms with Crippen molar-refractivity contribution in [2.24, 2.45) is 0 Å². The molecule has 1 aromatic heterocycles. The van der Waals surface area contributed by atoms with E-state index >= 15 is 0 Å². The Morgan fingerprint density at radius 1 is 1.12 bits per heavy atom. The Kier molecular flexibility index (Phi) is 7.19. The Bertz CT molecular complexity index is 1110. The summed E-state index contributed by atoms with van der Waals surface area (Å²) in [5, 5.41) is 6.17. The third-order valence-corrected chi connectivity index (χ3v) is 4.70. The third-order valence-electron chi connectivity index (χ3n) is 4.70. The number of halogens is 5. The first-order valence-corrected chi connectivity index (χ1v) is 9.72. The first kappa shape index (κ1) is 24.0. The van der Waals surface area contributed by atoms with Crippen LogP contribution in [0.3, 0.4) is 0 Å². The van der Waals surface area contributed by atoms with Crippen LogP contribution in [0.5, 0.6) is 11.5 Å². The van der Waals surface area contributed by atoms with Crippen molar-refractivity contribution in [3.63, 3.8) is 0 Å². The number of benzene rings is 2. The van der Waals surface area contributed by atoms with Crippen LogP contribution >= 0.6 is 0 Å². The second kappa shape index (κ2) is 9.88. The van der Waals surface area contributed by atoms with Gasteiger partial charge in [0.2, 0.25) is 0 Å². The summed E-state index contributed by atoms with van der Waals surface area (Å²) in [5.41, 5.74) is -0.284. The number of aryl methyl sites for hydroxylation is 1. The van der Waals surface area contributed by atoms with E-state index in [2.05, 4.69) is 15.2 Å². The van der Waals surface area contributed by atoms with Crippen molar-refractivity contribution in [1.82, 2.24) is 15.1 Å². The van der Waals surface area contributed by atoms with E-state index in [0.29, 0.717) is 10.2 Å². The largest absolute Gasteiger partial charge is 0.493 e. The second-order valence-electron chi connectivity index (χ2n) is 7.02. The molecular weight excluding hydrogens is 449 g/mol. The molecule has 176 valence electrons. The zero-order valence-corrected chi connectivity index (χ0v) is 17.6. The highest BCUT2D eigenvalue weighted by atomic mass is 19.4. The van der Waals surface area contributed by atoms with Gasteiger partial charge in [-0.25, -0.2) is 4.68 Å². The van der Waals surface area contributed by atoms with Crippen molar-refractivity contribution in [1.29, 1.82) is 0 Å². The maximum Gasteiger partial charge on any atom is 0.434 e. The van der Waals surface area contributed by atoms with Crippen LogP contribution in [-0.4, -0.2) is 36.0 Å². The fourth-order valence-electron chi connectivity index (χ4n) is 3.15. The lowest BCUT2D eigenvalue weighted by Gasteiger charge is -2.13. The second-order valence-corrected chi connectivity index (χ2v) is 7.02. The summed E-state index contributed by atoms with van der Waals surface area (Å²) in [6.45, 7) is -1.31. The lowest BCUT2D eigenvalue weighted by molar-refractivity contribution is -0.143. The minimum absolute atomic E-state index is 0.0493. The van der Waals surface area contributed by atoms with E-state index in [0.717, 1.165) is 11.8 Å².